The van der Waals surface area contributed by atoms with Crippen LogP contribution in [0.15, 0.2) is 42.5 Å². The van der Waals surface area contributed by atoms with Crippen molar-refractivity contribution in [2.24, 2.45) is 5.73 Å². The number of nitrogens with two attached hydrogens (primary N) is 1. The molecule has 0 aliphatic heterocycles. The number of carbonyl (C=O) groups excluding carboxylic acids is 1. The van der Waals surface area contributed by atoms with Crippen molar-refractivity contribution in [1.82, 2.24) is 0 Å². The van der Waals surface area contributed by atoms with Crippen molar-refractivity contribution < 1.29 is 4.79 Å². The van der Waals surface area contributed by atoms with Crippen LogP contribution >= 0.6 is 0 Å². The molecule has 0 bridgehead atoms. The lowest BCUT2D eigenvalue weighted by Gasteiger charge is -2.11. The second-order valence-corrected chi connectivity index (χ2v) is 4.45. The molecular weight excluding hydrogens is 224 g/mol. The summed E-state index contributed by atoms with van der Waals surface area (Å²) < 4.78 is 0. The molecule has 3 heteroatoms. The van der Waals surface area contributed by atoms with E-state index in [2.05, 4.69) is 5.32 Å². The predicted molar refractivity (Wildman–Crippen MR) is 75.5 cm³/mol. The van der Waals surface area contributed by atoms with Gasteiger partial charge in [-0.2, -0.15) is 0 Å². The molecule has 0 aliphatic rings. The first kappa shape index (κ1) is 12.6. The lowest BCUT2D eigenvalue weighted by Crippen LogP contribution is -2.35. The van der Waals surface area contributed by atoms with Gasteiger partial charge < -0.3 is 11.1 Å². The smallest absolute Gasteiger partial charge is 0.241 e. The Kier molecular flexibility index (Phi) is 3.95. The molecule has 0 aliphatic carbocycles. The highest BCUT2D eigenvalue weighted by Crippen LogP contribution is 2.18. The molecule has 0 fully saturated rings. The number of anilines is 1. The van der Waals surface area contributed by atoms with Gasteiger partial charge in [0, 0.05) is 5.69 Å². The molecule has 2 aromatic carbocycles. The molecule has 0 aromatic heterocycles. The number of hydrogen-bond acceptors (Lipinski definition) is 2. The summed E-state index contributed by atoms with van der Waals surface area (Å²) in [5.74, 6) is -0.118. The molecule has 2 rings (SSSR count). The van der Waals surface area contributed by atoms with Crippen molar-refractivity contribution in [2.75, 3.05) is 5.32 Å². The fraction of sp³-hybridized carbons (Fsp3) is 0.267. The quantitative estimate of drug-likeness (QED) is 0.866. The minimum atomic E-state index is -0.429. The SMILES string of the molecule is CCC[C@H](N)C(=O)Nc1ccc2ccccc2c1. The molecule has 0 spiro atoms. The van der Waals surface area contributed by atoms with Gasteiger partial charge in [-0.3, -0.25) is 4.79 Å². The van der Waals surface area contributed by atoms with Gasteiger partial charge in [-0.1, -0.05) is 43.7 Å². The number of fused-ring (bicyclic) bond motifs is 1. The van der Waals surface area contributed by atoms with Crippen LogP contribution < -0.4 is 11.1 Å². The molecule has 2 aromatic rings. The number of benzene rings is 2. The number of rotatable bonds is 4. The van der Waals surface area contributed by atoms with Crippen LogP contribution in [0.1, 0.15) is 19.8 Å². The van der Waals surface area contributed by atoms with E-state index in [0.717, 1.165) is 22.9 Å². The van der Waals surface area contributed by atoms with Crippen LogP contribution in [-0.2, 0) is 4.79 Å². The molecule has 0 unspecified atom stereocenters. The van der Waals surface area contributed by atoms with Gasteiger partial charge in [0.1, 0.15) is 0 Å². The van der Waals surface area contributed by atoms with Gasteiger partial charge in [0.2, 0.25) is 5.91 Å². The van der Waals surface area contributed by atoms with E-state index in [1.165, 1.54) is 0 Å². The second kappa shape index (κ2) is 5.65. The van der Waals surface area contributed by atoms with E-state index < -0.39 is 6.04 Å². The Bertz CT molecular complexity index is 551. The van der Waals surface area contributed by atoms with Gasteiger partial charge in [0.15, 0.2) is 0 Å². The van der Waals surface area contributed by atoms with E-state index in [0.29, 0.717) is 6.42 Å². The molecule has 3 N–H and O–H groups in total. The maximum Gasteiger partial charge on any atom is 0.241 e. The normalized spacial score (nSPS) is 12.3. The molecule has 0 saturated heterocycles. The molecule has 0 radical (unpaired) electrons. The Morgan fingerprint density at radius 1 is 1.22 bits per heavy atom. The maximum atomic E-state index is 11.8. The van der Waals surface area contributed by atoms with Crippen molar-refractivity contribution in [1.29, 1.82) is 0 Å². The zero-order valence-electron chi connectivity index (χ0n) is 10.5. The molecule has 18 heavy (non-hydrogen) atoms. The standard InChI is InChI=1S/C15H18N2O/c1-2-5-14(16)15(18)17-13-9-8-11-6-3-4-7-12(11)10-13/h3-4,6-10,14H,2,5,16H2,1H3,(H,17,18)/t14-/m0/s1. The fourth-order valence-electron chi connectivity index (χ4n) is 1.94. The molecule has 0 heterocycles. The monoisotopic (exact) mass is 242 g/mol. The number of amides is 1. The van der Waals surface area contributed by atoms with Crippen molar-refractivity contribution in [2.45, 2.75) is 25.8 Å². The average Bonchev–Trinajstić information content (AvgIpc) is 2.39. The summed E-state index contributed by atoms with van der Waals surface area (Å²) in [4.78, 5) is 11.8. The van der Waals surface area contributed by atoms with Gasteiger partial charge in [-0.15, -0.1) is 0 Å². The van der Waals surface area contributed by atoms with Gasteiger partial charge in [0.05, 0.1) is 6.04 Å². The van der Waals surface area contributed by atoms with Crippen LogP contribution in [0.2, 0.25) is 0 Å². The van der Waals surface area contributed by atoms with Crippen LogP contribution in [0, 0.1) is 0 Å². The molecule has 1 atom stereocenters. The minimum absolute atomic E-state index is 0.118. The third-order valence-electron chi connectivity index (χ3n) is 2.95. The summed E-state index contributed by atoms with van der Waals surface area (Å²) in [5.41, 5.74) is 6.57. The van der Waals surface area contributed by atoms with Gasteiger partial charge in [-0.25, -0.2) is 0 Å². The van der Waals surface area contributed by atoms with E-state index in [9.17, 15) is 4.79 Å². The van der Waals surface area contributed by atoms with E-state index >= 15 is 0 Å². The van der Waals surface area contributed by atoms with Crippen molar-refractivity contribution in [3.05, 3.63) is 42.5 Å². The molecule has 94 valence electrons. The molecule has 0 saturated carbocycles. The van der Waals surface area contributed by atoms with E-state index in [-0.39, 0.29) is 5.91 Å². The Morgan fingerprint density at radius 3 is 2.67 bits per heavy atom. The summed E-state index contributed by atoms with van der Waals surface area (Å²) in [7, 11) is 0. The lowest BCUT2D eigenvalue weighted by molar-refractivity contribution is -0.117. The Labute approximate surface area is 107 Å². The van der Waals surface area contributed by atoms with Crippen molar-refractivity contribution >= 4 is 22.4 Å². The highest BCUT2D eigenvalue weighted by molar-refractivity contribution is 5.97. The summed E-state index contributed by atoms with van der Waals surface area (Å²) in [6.07, 6.45) is 1.62. The van der Waals surface area contributed by atoms with Crippen molar-refractivity contribution in [3.8, 4) is 0 Å². The first-order chi connectivity index (χ1) is 8.70. The Morgan fingerprint density at radius 2 is 1.94 bits per heavy atom. The summed E-state index contributed by atoms with van der Waals surface area (Å²) in [6, 6.07) is 13.5. The summed E-state index contributed by atoms with van der Waals surface area (Å²) in [5, 5.41) is 5.13. The number of carbonyl (C=O) groups is 1. The van der Waals surface area contributed by atoms with Crippen molar-refractivity contribution in [3.63, 3.8) is 0 Å². The topological polar surface area (TPSA) is 55.1 Å². The second-order valence-electron chi connectivity index (χ2n) is 4.45. The fourth-order valence-corrected chi connectivity index (χ4v) is 1.94. The third kappa shape index (κ3) is 2.87. The van der Waals surface area contributed by atoms with E-state index in [1.54, 1.807) is 0 Å². The summed E-state index contributed by atoms with van der Waals surface area (Å²) >= 11 is 0. The van der Waals surface area contributed by atoms with Crippen LogP contribution in [0.4, 0.5) is 5.69 Å². The first-order valence-electron chi connectivity index (χ1n) is 6.26. The van der Waals surface area contributed by atoms with Gasteiger partial charge in [0.25, 0.3) is 0 Å². The zero-order valence-corrected chi connectivity index (χ0v) is 10.5. The van der Waals surface area contributed by atoms with Crippen LogP contribution in [-0.4, -0.2) is 11.9 Å². The average molecular weight is 242 g/mol. The summed E-state index contributed by atoms with van der Waals surface area (Å²) in [6.45, 7) is 2.02. The van der Waals surface area contributed by atoms with E-state index in [4.69, 9.17) is 5.73 Å². The van der Waals surface area contributed by atoms with Gasteiger partial charge >= 0.3 is 0 Å². The van der Waals surface area contributed by atoms with Crippen LogP contribution in [0.5, 0.6) is 0 Å². The van der Waals surface area contributed by atoms with Crippen LogP contribution in [0.25, 0.3) is 10.8 Å². The number of nitrogens with one attached hydrogen (secondary N) is 1. The maximum absolute atomic E-state index is 11.8. The highest BCUT2D eigenvalue weighted by Gasteiger charge is 2.12. The number of hydrogen-bond donors (Lipinski definition) is 2. The predicted octanol–water partition coefficient (Wildman–Crippen LogP) is 2.91. The van der Waals surface area contributed by atoms with E-state index in [1.807, 2.05) is 49.4 Å². The molecule has 1 amide bonds. The largest absolute Gasteiger partial charge is 0.325 e. The molecular formula is C15H18N2O. The zero-order chi connectivity index (χ0) is 13.0. The van der Waals surface area contributed by atoms with Gasteiger partial charge in [-0.05, 0) is 29.3 Å². The molecule has 3 nitrogen and oxygen atoms in total. The Balaban J connectivity index is 2.14. The first-order valence-corrected chi connectivity index (χ1v) is 6.26. The minimum Gasteiger partial charge on any atom is -0.325 e. The third-order valence-corrected chi connectivity index (χ3v) is 2.95. The lowest BCUT2D eigenvalue weighted by atomic mass is 10.1. The van der Waals surface area contributed by atoms with Crippen LogP contribution in [0.3, 0.4) is 0 Å². The highest BCUT2D eigenvalue weighted by atomic mass is 16.2. The Hall–Kier alpha value is -1.87.